The molecule has 0 aromatic heterocycles. The molecule has 0 saturated carbocycles. The summed E-state index contributed by atoms with van der Waals surface area (Å²) in [5.41, 5.74) is 0.952. The Hall–Kier alpha value is -2.06. The number of ether oxygens (including phenoxy) is 2. The SMILES string of the molecule is CC#CC(O)[C@](C)(O)C/C=C/C(C)=C/CCOCc1ccc(OC)cc1. The predicted octanol–water partition coefficient (Wildman–Crippen LogP) is 3.63. The van der Waals surface area contributed by atoms with Crippen molar-refractivity contribution in [2.45, 2.75) is 51.9 Å². The Morgan fingerprint density at radius 2 is 2.00 bits per heavy atom. The zero-order chi connectivity index (χ0) is 19.4. The summed E-state index contributed by atoms with van der Waals surface area (Å²) in [6, 6.07) is 7.83. The highest BCUT2D eigenvalue weighted by molar-refractivity contribution is 5.26. The lowest BCUT2D eigenvalue weighted by Crippen LogP contribution is -2.37. The van der Waals surface area contributed by atoms with E-state index < -0.39 is 11.7 Å². The van der Waals surface area contributed by atoms with Gasteiger partial charge >= 0.3 is 0 Å². The molecule has 0 aliphatic heterocycles. The van der Waals surface area contributed by atoms with Crippen LogP contribution in [0.4, 0.5) is 0 Å². The third kappa shape index (κ3) is 8.35. The maximum absolute atomic E-state index is 10.2. The summed E-state index contributed by atoms with van der Waals surface area (Å²) in [5, 5.41) is 19.9. The van der Waals surface area contributed by atoms with Gasteiger partial charge in [0, 0.05) is 0 Å². The van der Waals surface area contributed by atoms with E-state index in [-0.39, 0.29) is 0 Å². The maximum Gasteiger partial charge on any atom is 0.143 e. The average Bonchev–Trinajstić information content (AvgIpc) is 2.62. The van der Waals surface area contributed by atoms with Crippen molar-refractivity contribution in [3.8, 4) is 17.6 Å². The molecule has 0 amide bonds. The van der Waals surface area contributed by atoms with Crippen LogP contribution in [-0.4, -0.2) is 35.6 Å². The number of methoxy groups -OCH3 is 1. The quantitative estimate of drug-likeness (QED) is 0.381. The second-order valence-corrected chi connectivity index (χ2v) is 6.40. The molecule has 0 aliphatic rings. The summed E-state index contributed by atoms with van der Waals surface area (Å²) in [4.78, 5) is 0. The molecule has 0 radical (unpaired) electrons. The first-order valence-electron chi connectivity index (χ1n) is 8.75. The van der Waals surface area contributed by atoms with Crippen molar-refractivity contribution in [1.82, 2.24) is 0 Å². The summed E-state index contributed by atoms with van der Waals surface area (Å²) in [7, 11) is 1.65. The minimum absolute atomic E-state index is 0.335. The highest BCUT2D eigenvalue weighted by Gasteiger charge is 2.27. The van der Waals surface area contributed by atoms with Crippen LogP contribution in [0, 0.1) is 11.8 Å². The topological polar surface area (TPSA) is 58.9 Å². The van der Waals surface area contributed by atoms with Crippen LogP contribution in [0.1, 0.15) is 39.2 Å². The van der Waals surface area contributed by atoms with Crippen LogP contribution in [0.3, 0.4) is 0 Å². The fourth-order valence-corrected chi connectivity index (χ4v) is 2.24. The third-order valence-electron chi connectivity index (χ3n) is 3.94. The van der Waals surface area contributed by atoms with Crippen LogP contribution in [-0.2, 0) is 11.3 Å². The van der Waals surface area contributed by atoms with Crippen LogP contribution < -0.4 is 4.74 Å². The molecule has 0 bridgehead atoms. The van der Waals surface area contributed by atoms with Crippen LogP contribution in [0.5, 0.6) is 5.75 Å². The number of rotatable bonds is 10. The van der Waals surface area contributed by atoms with Gasteiger partial charge in [-0.25, -0.2) is 0 Å². The number of hydrogen-bond donors (Lipinski definition) is 2. The minimum Gasteiger partial charge on any atom is -0.497 e. The Morgan fingerprint density at radius 1 is 1.31 bits per heavy atom. The van der Waals surface area contributed by atoms with Gasteiger partial charge in [-0.15, -0.1) is 5.92 Å². The van der Waals surface area contributed by atoms with Crippen LogP contribution in [0.2, 0.25) is 0 Å². The van der Waals surface area contributed by atoms with Gasteiger partial charge in [-0.05, 0) is 51.3 Å². The predicted molar refractivity (Wildman–Crippen MR) is 105 cm³/mol. The van der Waals surface area contributed by atoms with E-state index in [2.05, 4.69) is 17.9 Å². The average molecular weight is 358 g/mol. The third-order valence-corrected chi connectivity index (χ3v) is 3.94. The lowest BCUT2D eigenvalue weighted by Gasteiger charge is -2.23. The molecule has 0 fully saturated rings. The summed E-state index contributed by atoms with van der Waals surface area (Å²) in [6.07, 6.45) is 5.97. The molecule has 4 heteroatoms. The Balaban J connectivity index is 2.31. The van der Waals surface area contributed by atoms with E-state index in [1.54, 1.807) is 21.0 Å². The van der Waals surface area contributed by atoms with E-state index in [4.69, 9.17) is 9.47 Å². The molecule has 26 heavy (non-hydrogen) atoms. The smallest absolute Gasteiger partial charge is 0.143 e. The summed E-state index contributed by atoms with van der Waals surface area (Å²) < 4.78 is 10.8. The molecule has 2 atom stereocenters. The van der Waals surface area contributed by atoms with Gasteiger partial charge in [0.05, 0.1) is 20.3 Å². The first kappa shape index (κ1) is 22.0. The van der Waals surface area contributed by atoms with Gasteiger partial charge in [0.15, 0.2) is 0 Å². The van der Waals surface area contributed by atoms with Gasteiger partial charge in [-0.1, -0.05) is 41.9 Å². The summed E-state index contributed by atoms with van der Waals surface area (Å²) in [5.74, 6) is 6.03. The van der Waals surface area contributed by atoms with E-state index in [1.807, 2.05) is 43.3 Å². The maximum atomic E-state index is 10.2. The van der Waals surface area contributed by atoms with Crippen molar-refractivity contribution >= 4 is 0 Å². The molecule has 1 aromatic rings. The number of allylic oxidation sites excluding steroid dienone is 2. The molecular weight excluding hydrogens is 328 g/mol. The van der Waals surface area contributed by atoms with E-state index in [0.717, 1.165) is 23.3 Å². The standard InChI is InChI=1S/C22H30O4/c1-5-8-21(23)22(3,24)15-6-9-18(2)10-7-16-26-17-19-11-13-20(25-4)14-12-19/h6,9-14,21,23-24H,7,15-17H2,1-4H3/b9-6+,18-10+/t21?,22-/m1/s1. The fourth-order valence-electron chi connectivity index (χ4n) is 2.24. The van der Waals surface area contributed by atoms with E-state index in [0.29, 0.717) is 19.6 Å². The number of hydrogen-bond acceptors (Lipinski definition) is 4. The van der Waals surface area contributed by atoms with Crippen molar-refractivity contribution in [2.75, 3.05) is 13.7 Å². The lowest BCUT2D eigenvalue weighted by atomic mass is 9.95. The van der Waals surface area contributed by atoms with Crippen molar-refractivity contribution in [2.24, 2.45) is 0 Å². The van der Waals surface area contributed by atoms with Gasteiger partial charge in [0.1, 0.15) is 17.5 Å². The van der Waals surface area contributed by atoms with E-state index >= 15 is 0 Å². The summed E-state index contributed by atoms with van der Waals surface area (Å²) >= 11 is 0. The zero-order valence-electron chi connectivity index (χ0n) is 16.2. The van der Waals surface area contributed by atoms with Crippen LogP contribution in [0.15, 0.2) is 48.1 Å². The van der Waals surface area contributed by atoms with Gasteiger partial charge in [-0.3, -0.25) is 0 Å². The zero-order valence-corrected chi connectivity index (χ0v) is 16.2. The molecule has 1 aromatic carbocycles. The first-order valence-corrected chi connectivity index (χ1v) is 8.75. The molecule has 0 saturated heterocycles. The molecule has 0 spiro atoms. The first-order chi connectivity index (χ1) is 12.4. The normalized spacial score (nSPS) is 15.2. The molecule has 0 heterocycles. The van der Waals surface area contributed by atoms with Gasteiger partial charge in [-0.2, -0.15) is 0 Å². The van der Waals surface area contributed by atoms with Crippen LogP contribution >= 0.6 is 0 Å². The Labute approximate surface area is 157 Å². The van der Waals surface area contributed by atoms with Crippen molar-refractivity contribution < 1.29 is 19.7 Å². The van der Waals surface area contributed by atoms with Gasteiger partial charge in [0.2, 0.25) is 0 Å². The molecule has 1 unspecified atom stereocenters. The minimum atomic E-state index is -1.25. The van der Waals surface area contributed by atoms with Gasteiger partial charge in [0.25, 0.3) is 0 Å². The molecule has 4 nitrogen and oxygen atoms in total. The molecule has 2 N–H and O–H groups in total. The molecule has 142 valence electrons. The number of benzene rings is 1. The van der Waals surface area contributed by atoms with E-state index in [9.17, 15) is 10.2 Å². The molecule has 0 aliphatic carbocycles. The number of aliphatic hydroxyl groups is 2. The van der Waals surface area contributed by atoms with Crippen molar-refractivity contribution in [1.29, 1.82) is 0 Å². The fraction of sp³-hybridized carbons (Fsp3) is 0.455. The van der Waals surface area contributed by atoms with Crippen molar-refractivity contribution in [3.05, 3.63) is 53.6 Å². The molecular formula is C22H30O4. The largest absolute Gasteiger partial charge is 0.497 e. The lowest BCUT2D eigenvalue weighted by molar-refractivity contribution is -0.0303. The Bertz CT molecular complexity index is 645. The highest BCUT2D eigenvalue weighted by atomic mass is 16.5. The second kappa shape index (κ2) is 11.5. The molecule has 1 rings (SSSR count). The van der Waals surface area contributed by atoms with Crippen molar-refractivity contribution in [3.63, 3.8) is 0 Å². The van der Waals surface area contributed by atoms with E-state index in [1.165, 1.54) is 0 Å². The van der Waals surface area contributed by atoms with Gasteiger partial charge < -0.3 is 19.7 Å². The monoisotopic (exact) mass is 358 g/mol. The Morgan fingerprint density at radius 3 is 2.62 bits per heavy atom. The summed E-state index contributed by atoms with van der Waals surface area (Å²) in [6.45, 7) is 6.43. The van der Waals surface area contributed by atoms with Crippen LogP contribution in [0.25, 0.3) is 0 Å². The highest BCUT2D eigenvalue weighted by Crippen LogP contribution is 2.16. The second-order valence-electron chi connectivity index (χ2n) is 6.40. The number of aliphatic hydroxyl groups excluding tert-OH is 1. The Kier molecular flexibility index (Phi) is 9.75.